The summed E-state index contributed by atoms with van der Waals surface area (Å²) in [6.07, 6.45) is 13.5. The third-order valence-electron chi connectivity index (χ3n) is 12.6. The first-order chi connectivity index (χ1) is 16.2. The van der Waals surface area contributed by atoms with Gasteiger partial charge in [-0.25, -0.2) is 0 Å². The lowest BCUT2D eigenvalue weighted by molar-refractivity contribution is -0.229. The number of ether oxygens (including phenoxy) is 2. The first kappa shape index (κ1) is 24.2. The molecule has 5 aliphatic carbocycles. The second-order valence-corrected chi connectivity index (χ2v) is 13.7. The number of rotatable bonds is 5. The lowest BCUT2D eigenvalue weighted by atomic mass is 9.42. The van der Waals surface area contributed by atoms with Crippen LogP contribution in [0.4, 0.5) is 0 Å². The third kappa shape index (κ3) is 3.29. The second-order valence-electron chi connectivity index (χ2n) is 13.7. The molecule has 0 spiro atoms. The van der Waals surface area contributed by atoms with Gasteiger partial charge >= 0.3 is 0 Å². The number of fused-ring (bicyclic) bond motifs is 7. The van der Waals surface area contributed by atoms with Gasteiger partial charge in [0.15, 0.2) is 6.29 Å². The van der Waals surface area contributed by atoms with Crippen molar-refractivity contribution in [1.82, 2.24) is 0 Å². The van der Waals surface area contributed by atoms with Crippen LogP contribution in [0.2, 0.25) is 0 Å². The van der Waals surface area contributed by atoms with Gasteiger partial charge in [0.05, 0.1) is 17.3 Å². The molecular weight excluding hydrogens is 428 g/mol. The normalized spacial score (nSPS) is 56.6. The fraction of sp³-hybridized carbons (Fsp3) is 1.00. The molecule has 5 heteroatoms. The Balaban J connectivity index is 1.19. The maximum Gasteiger partial charge on any atom is 0.157 e. The summed E-state index contributed by atoms with van der Waals surface area (Å²) in [4.78, 5) is 0. The molecule has 0 aromatic carbocycles. The average molecular weight is 477 g/mol. The number of aliphatic hydroxyl groups excluding tert-OH is 1. The molecule has 0 aromatic heterocycles. The number of aliphatic hydroxyl groups is 3. The van der Waals surface area contributed by atoms with Crippen LogP contribution in [0, 0.1) is 40.4 Å². The minimum Gasteiger partial charge on any atom is -0.393 e. The van der Waals surface area contributed by atoms with E-state index >= 15 is 0 Å². The fourth-order valence-electron chi connectivity index (χ4n) is 10.6. The fourth-order valence-corrected chi connectivity index (χ4v) is 10.6. The molecule has 3 N–H and O–H groups in total. The lowest BCUT2D eigenvalue weighted by Gasteiger charge is -2.64. The van der Waals surface area contributed by atoms with Crippen LogP contribution in [-0.2, 0) is 9.47 Å². The van der Waals surface area contributed by atoms with Crippen LogP contribution in [0.25, 0.3) is 0 Å². The Hall–Kier alpha value is -0.200. The van der Waals surface area contributed by atoms with Crippen molar-refractivity contribution >= 4 is 0 Å². The smallest absolute Gasteiger partial charge is 0.157 e. The highest BCUT2D eigenvalue weighted by molar-refractivity contribution is 5.22. The summed E-state index contributed by atoms with van der Waals surface area (Å²) in [5.74, 6) is 2.79. The molecule has 194 valence electrons. The van der Waals surface area contributed by atoms with E-state index in [0.717, 1.165) is 70.8 Å². The predicted octanol–water partition coefficient (Wildman–Crippen LogP) is 4.81. The Kier molecular flexibility index (Phi) is 5.97. The summed E-state index contributed by atoms with van der Waals surface area (Å²) < 4.78 is 11.8. The quantitative estimate of drug-likeness (QED) is 0.497. The zero-order valence-electron chi connectivity index (χ0n) is 21.5. The third-order valence-corrected chi connectivity index (χ3v) is 12.6. The molecule has 6 fully saturated rings. The largest absolute Gasteiger partial charge is 0.393 e. The van der Waals surface area contributed by atoms with Crippen molar-refractivity contribution in [2.45, 2.75) is 127 Å². The Morgan fingerprint density at radius 3 is 2.38 bits per heavy atom. The first-order valence-electron chi connectivity index (χ1n) is 14.6. The van der Waals surface area contributed by atoms with E-state index in [2.05, 4.69) is 13.8 Å². The van der Waals surface area contributed by atoms with Crippen LogP contribution >= 0.6 is 0 Å². The Labute approximate surface area is 206 Å². The van der Waals surface area contributed by atoms with E-state index < -0.39 is 11.2 Å². The van der Waals surface area contributed by atoms with Crippen LogP contribution in [0.5, 0.6) is 0 Å². The van der Waals surface area contributed by atoms with Gasteiger partial charge in [-0.3, -0.25) is 0 Å². The van der Waals surface area contributed by atoms with Crippen LogP contribution in [0.3, 0.4) is 0 Å². The molecule has 0 aromatic rings. The molecule has 1 saturated heterocycles. The molecule has 0 radical (unpaired) electrons. The topological polar surface area (TPSA) is 79.2 Å². The van der Waals surface area contributed by atoms with Gasteiger partial charge in [0.2, 0.25) is 0 Å². The molecule has 5 saturated carbocycles. The van der Waals surface area contributed by atoms with Gasteiger partial charge in [-0.05, 0) is 124 Å². The minimum absolute atomic E-state index is 0.0265. The van der Waals surface area contributed by atoms with Crippen molar-refractivity contribution in [3.8, 4) is 0 Å². The van der Waals surface area contributed by atoms with Crippen molar-refractivity contribution in [2.24, 2.45) is 40.4 Å². The monoisotopic (exact) mass is 476 g/mol. The van der Waals surface area contributed by atoms with Crippen LogP contribution < -0.4 is 0 Å². The van der Waals surface area contributed by atoms with Gasteiger partial charge in [-0.2, -0.15) is 0 Å². The van der Waals surface area contributed by atoms with Crippen LogP contribution in [0.1, 0.15) is 104 Å². The zero-order valence-corrected chi connectivity index (χ0v) is 21.5. The highest BCUT2D eigenvalue weighted by Gasteiger charge is 2.73. The molecule has 34 heavy (non-hydrogen) atoms. The number of hydrogen-bond acceptors (Lipinski definition) is 5. The first-order valence-corrected chi connectivity index (χ1v) is 14.6. The molecule has 1 heterocycles. The van der Waals surface area contributed by atoms with E-state index in [1.807, 2.05) is 0 Å². The Morgan fingerprint density at radius 2 is 1.65 bits per heavy atom. The average Bonchev–Trinajstić information content (AvgIpc) is 2.92. The minimum atomic E-state index is -0.716. The summed E-state index contributed by atoms with van der Waals surface area (Å²) in [6, 6.07) is 0. The van der Waals surface area contributed by atoms with Crippen molar-refractivity contribution in [3.05, 3.63) is 0 Å². The van der Waals surface area contributed by atoms with Gasteiger partial charge < -0.3 is 24.8 Å². The van der Waals surface area contributed by atoms with Gasteiger partial charge in [0, 0.05) is 19.6 Å². The van der Waals surface area contributed by atoms with Crippen molar-refractivity contribution in [2.75, 3.05) is 13.2 Å². The summed E-state index contributed by atoms with van der Waals surface area (Å²) in [6.45, 7) is 6.26. The molecule has 11 atom stereocenters. The van der Waals surface area contributed by atoms with Crippen LogP contribution in [-0.4, -0.2) is 52.1 Å². The lowest BCUT2D eigenvalue weighted by Crippen LogP contribution is -2.64. The van der Waals surface area contributed by atoms with E-state index in [-0.39, 0.29) is 23.2 Å². The zero-order chi connectivity index (χ0) is 23.8. The van der Waals surface area contributed by atoms with Gasteiger partial charge in [0.1, 0.15) is 0 Å². The molecular formula is C29H48O5. The van der Waals surface area contributed by atoms with Gasteiger partial charge in [-0.1, -0.05) is 13.8 Å². The van der Waals surface area contributed by atoms with E-state index in [9.17, 15) is 15.3 Å². The van der Waals surface area contributed by atoms with E-state index in [0.29, 0.717) is 42.6 Å². The van der Waals surface area contributed by atoms with Crippen molar-refractivity contribution in [3.63, 3.8) is 0 Å². The van der Waals surface area contributed by atoms with Crippen molar-refractivity contribution in [1.29, 1.82) is 0 Å². The molecule has 1 unspecified atom stereocenters. The summed E-state index contributed by atoms with van der Waals surface area (Å²) in [5.41, 5.74) is -1.42. The maximum atomic E-state index is 12.4. The van der Waals surface area contributed by atoms with E-state index in [1.54, 1.807) is 0 Å². The molecule has 0 amide bonds. The van der Waals surface area contributed by atoms with E-state index in [1.165, 1.54) is 19.3 Å². The molecule has 5 nitrogen and oxygen atoms in total. The van der Waals surface area contributed by atoms with Crippen LogP contribution in [0.15, 0.2) is 0 Å². The highest BCUT2D eigenvalue weighted by Crippen LogP contribution is 2.75. The standard InChI is InChI=1S/C29H48O5/c1-26-13-9-19(30)18-28(26,31)15-10-21-22(26)11-14-27(2)25(21)20-7-8-23(20)29(27,32)12-5-17-34-24-6-3-4-16-33-24/h19-25,30-32H,3-18H2,1-2H3/t19-,20+,21+,22-,23-,24?,25-,26+,27-,28-,29-/m0/s1. The summed E-state index contributed by atoms with van der Waals surface area (Å²) in [7, 11) is 0. The van der Waals surface area contributed by atoms with Crippen molar-refractivity contribution < 1.29 is 24.8 Å². The van der Waals surface area contributed by atoms with E-state index in [4.69, 9.17) is 9.47 Å². The number of hydrogen-bond donors (Lipinski definition) is 3. The Morgan fingerprint density at radius 1 is 0.853 bits per heavy atom. The molecule has 1 aliphatic heterocycles. The van der Waals surface area contributed by atoms with Gasteiger partial charge in [-0.15, -0.1) is 0 Å². The van der Waals surface area contributed by atoms with Gasteiger partial charge in [0.25, 0.3) is 0 Å². The SMILES string of the molecule is C[C@]12CC[C@H]3[C@@H](CC[C@]4(O)C[C@@H](O)CC[C@]34C)[C@@H]1[C@@H]1CC[C@@H]1[C@@]2(O)CCCOC1CCCCO1. The highest BCUT2D eigenvalue weighted by atomic mass is 16.7. The maximum absolute atomic E-state index is 12.4. The molecule has 6 aliphatic rings. The predicted molar refractivity (Wildman–Crippen MR) is 130 cm³/mol. The Bertz CT molecular complexity index is 768. The second kappa shape index (κ2) is 8.41. The summed E-state index contributed by atoms with van der Waals surface area (Å²) in [5, 5.41) is 34.4. The summed E-state index contributed by atoms with van der Waals surface area (Å²) >= 11 is 0. The molecule has 6 rings (SSSR count). The molecule has 0 bridgehead atoms.